The van der Waals surface area contributed by atoms with Crippen LogP contribution in [0, 0.1) is 12.7 Å². The van der Waals surface area contributed by atoms with E-state index >= 15 is 0 Å². The van der Waals surface area contributed by atoms with Crippen molar-refractivity contribution >= 4 is 11.6 Å². The lowest BCUT2D eigenvalue weighted by molar-refractivity contribution is -0.122. The molecule has 2 aromatic carbocycles. The second-order valence-electron chi connectivity index (χ2n) is 4.57. The highest BCUT2D eigenvalue weighted by Crippen LogP contribution is 2.15. The first kappa shape index (κ1) is 14.1. The van der Waals surface area contributed by atoms with Gasteiger partial charge in [0.25, 0.3) is 5.91 Å². The third-order valence-electron chi connectivity index (χ3n) is 2.80. The minimum absolute atomic E-state index is 0.323. The van der Waals surface area contributed by atoms with E-state index in [-0.39, 0.29) is 5.91 Å². The van der Waals surface area contributed by atoms with Gasteiger partial charge in [0, 0.05) is 5.69 Å². The van der Waals surface area contributed by atoms with E-state index in [0.29, 0.717) is 11.4 Å². The number of halogens is 1. The molecule has 0 saturated carbocycles. The molecule has 3 nitrogen and oxygen atoms in total. The lowest BCUT2D eigenvalue weighted by atomic mass is 10.2. The first-order chi connectivity index (χ1) is 9.54. The summed E-state index contributed by atoms with van der Waals surface area (Å²) in [7, 11) is 0. The Morgan fingerprint density at radius 3 is 2.55 bits per heavy atom. The third kappa shape index (κ3) is 3.82. The molecule has 0 aliphatic heterocycles. The van der Waals surface area contributed by atoms with Gasteiger partial charge in [-0.3, -0.25) is 4.79 Å². The summed E-state index contributed by atoms with van der Waals surface area (Å²) < 4.78 is 18.5. The second kappa shape index (κ2) is 6.19. The Morgan fingerprint density at radius 2 is 1.90 bits per heavy atom. The van der Waals surface area contributed by atoms with Crippen LogP contribution < -0.4 is 10.1 Å². The van der Waals surface area contributed by atoms with Crippen LogP contribution in [-0.2, 0) is 4.79 Å². The Balaban J connectivity index is 1.96. The molecule has 0 unspecified atom stereocenters. The lowest BCUT2D eigenvalue weighted by Crippen LogP contribution is -2.30. The van der Waals surface area contributed by atoms with Crippen LogP contribution in [0.4, 0.5) is 10.1 Å². The van der Waals surface area contributed by atoms with Gasteiger partial charge in [-0.25, -0.2) is 4.39 Å². The van der Waals surface area contributed by atoms with E-state index in [1.54, 1.807) is 25.1 Å². The number of hydrogen-bond donors (Lipinski definition) is 1. The molecule has 0 aliphatic carbocycles. The molecule has 2 aromatic rings. The fourth-order valence-electron chi connectivity index (χ4n) is 1.68. The second-order valence-corrected chi connectivity index (χ2v) is 4.57. The summed E-state index contributed by atoms with van der Waals surface area (Å²) in [6, 6.07) is 13.2. The summed E-state index contributed by atoms with van der Waals surface area (Å²) in [5.41, 5.74) is 1.53. The van der Waals surface area contributed by atoms with Crippen LogP contribution in [0.25, 0.3) is 0 Å². The van der Waals surface area contributed by atoms with Gasteiger partial charge in [0.05, 0.1) is 0 Å². The van der Waals surface area contributed by atoms with Gasteiger partial charge >= 0.3 is 0 Å². The number of carbonyl (C=O) groups excluding carboxylic acids is 1. The molecule has 0 aromatic heterocycles. The molecule has 1 amide bonds. The van der Waals surface area contributed by atoms with Crippen LogP contribution in [0.15, 0.2) is 48.5 Å². The zero-order chi connectivity index (χ0) is 14.5. The first-order valence-corrected chi connectivity index (χ1v) is 6.34. The van der Waals surface area contributed by atoms with E-state index in [2.05, 4.69) is 5.32 Å². The number of carbonyl (C=O) groups is 1. The Kier molecular flexibility index (Phi) is 4.35. The van der Waals surface area contributed by atoms with Crippen LogP contribution in [-0.4, -0.2) is 12.0 Å². The summed E-state index contributed by atoms with van der Waals surface area (Å²) in [6.45, 7) is 3.62. The average molecular weight is 273 g/mol. The average Bonchev–Trinajstić information content (AvgIpc) is 2.41. The number of ether oxygens (including phenoxy) is 1. The van der Waals surface area contributed by atoms with E-state index in [0.717, 1.165) is 5.56 Å². The molecule has 0 saturated heterocycles. The molecule has 0 fully saturated rings. The van der Waals surface area contributed by atoms with Gasteiger partial charge in [0.15, 0.2) is 6.10 Å². The van der Waals surface area contributed by atoms with Gasteiger partial charge in [0.2, 0.25) is 0 Å². The molecule has 0 bridgehead atoms. The Hall–Kier alpha value is -2.36. The smallest absolute Gasteiger partial charge is 0.265 e. The maximum absolute atomic E-state index is 13.0. The SMILES string of the molecule is Cc1ccc(O[C@H](C)C(=O)Nc2cccc(F)c2)cc1. The number of nitrogens with one attached hydrogen (secondary N) is 1. The number of benzene rings is 2. The van der Waals surface area contributed by atoms with Crippen molar-refractivity contribution in [3.8, 4) is 5.75 Å². The van der Waals surface area contributed by atoms with Gasteiger partial charge < -0.3 is 10.1 Å². The highest BCUT2D eigenvalue weighted by atomic mass is 19.1. The zero-order valence-electron chi connectivity index (χ0n) is 11.4. The van der Waals surface area contributed by atoms with Crippen molar-refractivity contribution < 1.29 is 13.9 Å². The predicted octanol–water partition coefficient (Wildman–Crippen LogP) is 3.54. The van der Waals surface area contributed by atoms with Crippen molar-refractivity contribution in [1.82, 2.24) is 0 Å². The molecule has 0 radical (unpaired) electrons. The van der Waals surface area contributed by atoms with Crippen molar-refractivity contribution in [2.75, 3.05) is 5.32 Å². The van der Waals surface area contributed by atoms with E-state index in [9.17, 15) is 9.18 Å². The summed E-state index contributed by atoms with van der Waals surface area (Å²) >= 11 is 0. The maximum Gasteiger partial charge on any atom is 0.265 e. The highest BCUT2D eigenvalue weighted by Gasteiger charge is 2.14. The maximum atomic E-state index is 13.0. The molecule has 0 spiro atoms. The molecule has 104 valence electrons. The van der Waals surface area contributed by atoms with Gasteiger partial charge in [-0.1, -0.05) is 23.8 Å². The number of aryl methyl sites for hydroxylation is 1. The quantitative estimate of drug-likeness (QED) is 0.925. The topological polar surface area (TPSA) is 38.3 Å². The van der Waals surface area contributed by atoms with Crippen molar-refractivity contribution in [3.05, 3.63) is 59.9 Å². The number of amides is 1. The summed E-state index contributed by atoms with van der Waals surface area (Å²) in [5.74, 6) is -0.0939. The molecule has 4 heteroatoms. The van der Waals surface area contributed by atoms with Gasteiger partial charge in [-0.05, 0) is 44.2 Å². The fraction of sp³-hybridized carbons (Fsp3) is 0.188. The van der Waals surface area contributed by atoms with Crippen molar-refractivity contribution in [2.45, 2.75) is 20.0 Å². The molecular formula is C16H16FNO2. The third-order valence-corrected chi connectivity index (χ3v) is 2.80. The number of rotatable bonds is 4. The molecule has 0 heterocycles. The number of anilines is 1. The van der Waals surface area contributed by atoms with Crippen molar-refractivity contribution in [1.29, 1.82) is 0 Å². The summed E-state index contributed by atoms with van der Waals surface area (Å²) in [4.78, 5) is 11.9. The zero-order valence-corrected chi connectivity index (χ0v) is 11.4. The molecule has 0 aliphatic rings. The van der Waals surface area contributed by atoms with E-state index in [4.69, 9.17) is 4.74 Å². The summed E-state index contributed by atoms with van der Waals surface area (Å²) in [6.07, 6.45) is -0.666. The van der Waals surface area contributed by atoms with Gasteiger partial charge in [-0.2, -0.15) is 0 Å². The Bertz CT molecular complexity index is 596. The first-order valence-electron chi connectivity index (χ1n) is 6.34. The van der Waals surface area contributed by atoms with E-state index in [1.807, 2.05) is 19.1 Å². The Labute approximate surface area is 117 Å². The normalized spacial score (nSPS) is 11.8. The predicted molar refractivity (Wildman–Crippen MR) is 76.3 cm³/mol. The van der Waals surface area contributed by atoms with E-state index < -0.39 is 11.9 Å². The van der Waals surface area contributed by atoms with Gasteiger partial charge in [0.1, 0.15) is 11.6 Å². The van der Waals surface area contributed by atoms with Crippen LogP contribution in [0.5, 0.6) is 5.75 Å². The largest absolute Gasteiger partial charge is 0.481 e. The van der Waals surface area contributed by atoms with Crippen LogP contribution >= 0.6 is 0 Å². The molecule has 20 heavy (non-hydrogen) atoms. The van der Waals surface area contributed by atoms with Crippen molar-refractivity contribution in [2.24, 2.45) is 0 Å². The highest BCUT2D eigenvalue weighted by molar-refractivity contribution is 5.94. The monoisotopic (exact) mass is 273 g/mol. The molecule has 1 atom stereocenters. The number of hydrogen-bond acceptors (Lipinski definition) is 2. The minimum atomic E-state index is -0.666. The molecule has 1 N–H and O–H groups in total. The fourth-order valence-corrected chi connectivity index (χ4v) is 1.68. The lowest BCUT2D eigenvalue weighted by Gasteiger charge is -2.14. The summed E-state index contributed by atoms with van der Waals surface area (Å²) in [5, 5.41) is 2.61. The van der Waals surface area contributed by atoms with E-state index in [1.165, 1.54) is 18.2 Å². The van der Waals surface area contributed by atoms with Crippen LogP contribution in [0.2, 0.25) is 0 Å². The standard InChI is InChI=1S/C16H16FNO2/c1-11-6-8-15(9-7-11)20-12(2)16(19)18-14-5-3-4-13(17)10-14/h3-10,12H,1-2H3,(H,18,19)/t12-/m1/s1. The minimum Gasteiger partial charge on any atom is -0.481 e. The van der Waals surface area contributed by atoms with Crippen molar-refractivity contribution in [3.63, 3.8) is 0 Å². The molecular weight excluding hydrogens is 257 g/mol. The Morgan fingerprint density at radius 1 is 1.20 bits per heavy atom. The van der Waals surface area contributed by atoms with Crippen LogP contribution in [0.3, 0.4) is 0 Å². The molecule has 2 rings (SSSR count). The van der Waals surface area contributed by atoms with Crippen LogP contribution in [0.1, 0.15) is 12.5 Å². The van der Waals surface area contributed by atoms with Gasteiger partial charge in [-0.15, -0.1) is 0 Å².